The second-order valence-electron chi connectivity index (χ2n) is 5.66. The fraction of sp³-hybridized carbons (Fsp3) is 0.250. The van der Waals surface area contributed by atoms with Crippen LogP contribution in [0.15, 0.2) is 58.9 Å². The number of halogens is 4. The zero-order chi connectivity index (χ0) is 21.4. The summed E-state index contributed by atoms with van der Waals surface area (Å²) in [5.74, 6) is -0.316. The van der Waals surface area contributed by atoms with Gasteiger partial charge in [0.1, 0.15) is 11.4 Å². The lowest BCUT2D eigenvalue weighted by Gasteiger charge is -2.14. The molecule has 0 unspecified atom stereocenters. The fourth-order valence-electron chi connectivity index (χ4n) is 2.40. The zero-order valence-electron chi connectivity index (χ0n) is 15.4. The van der Waals surface area contributed by atoms with E-state index in [4.69, 9.17) is 5.11 Å². The highest BCUT2D eigenvalue weighted by Gasteiger charge is 2.16. The molecule has 156 valence electrons. The number of hydrogen-bond acceptors (Lipinski definition) is 5. The van der Waals surface area contributed by atoms with E-state index in [9.17, 15) is 17.6 Å². The third kappa shape index (κ3) is 7.10. The van der Waals surface area contributed by atoms with Crippen molar-refractivity contribution >= 4 is 11.8 Å². The van der Waals surface area contributed by atoms with Gasteiger partial charge in [0.15, 0.2) is 5.75 Å². The molecule has 1 aromatic heterocycles. The fourth-order valence-corrected chi connectivity index (χ4v) is 3.17. The first-order valence-electron chi connectivity index (χ1n) is 8.44. The predicted octanol–water partition coefficient (Wildman–Crippen LogP) is 5.64. The molecule has 0 radical (unpaired) electrons. The van der Waals surface area contributed by atoms with Gasteiger partial charge in [-0.15, -0.1) is 0 Å². The van der Waals surface area contributed by atoms with Crippen LogP contribution >= 0.6 is 11.8 Å². The van der Waals surface area contributed by atoms with Gasteiger partial charge in [-0.05, 0) is 36.1 Å². The topological polar surface area (TPSA) is 51.6 Å². The molecular weight excluding hydrogens is 410 g/mol. The molecule has 0 saturated heterocycles. The smallest absolute Gasteiger partial charge is 0.387 e. The highest BCUT2D eigenvalue weighted by molar-refractivity contribution is 8.06. The molecule has 1 heterocycles. The third-order valence-corrected chi connectivity index (χ3v) is 4.65. The second-order valence-corrected chi connectivity index (χ2v) is 6.97. The number of aliphatic hydroxyl groups excluding tert-OH is 1. The maximum absolute atomic E-state index is 12.8. The quantitative estimate of drug-likeness (QED) is 0.496. The van der Waals surface area contributed by atoms with Crippen LogP contribution in [0.25, 0.3) is 11.3 Å². The molecule has 0 aliphatic heterocycles. The van der Waals surface area contributed by atoms with Crippen molar-refractivity contribution in [1.82, 2.24) is 4.98 Å². The summed E-state index contributed by atoms with van der Waals surface area (Å²) in [6.45, 7) is -0.739. The standard InChI is InChI=1S/C20H19F4NO3S/c1-3-16(29-12(2)11-26)10-14-7-8-17(28-20(23)24)18(25-14)13-5-4-6-15(9-13)27-19(21)22/h3-9,19-20,26H,2,10-11H2,1H3/b16-3-. The molecule has 0 aliphatic carbocycles. The van der Waals surface area contributed by atoms with Crippen LogP contribution in [-0.2, 0) is 6.42 Å². The Morgan fingerprint density at radius 2 is 1.90 bits per heavy atom. The number of thioether (sulfide) groups is 1. The molecule has 1 aromatic carbocycles. The lowest BCUT2D eigenvalue weighted by Crippen LogP contribution is -2.06. The van der Waals surface area contributed by atoms with Crippen LogP contribution < -0.4 is 9.47 Å². The van der Waals surface area contributed by atoms with E-state index >= 15 is 0 Å². The van der Waals surface area contributed by atoms with Crippen LogP contribution in [0.5, 0.6) is 11.5 Å². The van der Waals surface area contributed by atoms with E-state index in [-0.39, 0.29) is 29.4 Å². The Morgan fingerprint density at radius 1 is 1.17 bits per heavy atom. The van der Waals surface area contributed by atoms with Crippen LogP contribution in [0.1, 0.15) is 12.6 Å². The van der Waals surface area contributed by atoms with E-state index in [0.29, 0.717) is 17.0 Å². The second kappa shape index (κ2) is 10.9. The summed E-state index contributed by atoms with van der Waals surface area (Å²) in [6.07, 6.45) is 2.18. The molecule has 0 saturated carbocycles. The normalized spacial score (nSPS) is 11.8. The van der Waals surface area contributed by atoms with E-state index in [1.165, 1.54) is 48.2 Å². The monoisotopic (exact) mass is 429 g/mol. The Morgan fingerprint density at radius 3 is 2.52 bits per heavy atom. The van der Waals surface area contributed by atoms with Gasteiger partial charge in [0, 0.05) is 22.6 Å². The maximum atomic E-state index is 12.8. The minimum absolute atomic E-state index is 0.0731. The molecule has 0 spiro atoms. The Bertz CT molecular complexity index is 875. The van der Waals surface area contributed by atoms with Crippen molar-refractivity contribution in [3.05, 3.63) is 64.6 Å². The maximum Gasteiger partial charge on any atom is 0.387 e. The zero-order valence-corrected chi connectivity index (χ0v) is 16.3. The summed E-state index contributed by atoms with van der Waals surface area (Å²) in [5.41, 5.74) is 0.896. The largest absolute Gasteiger partial charge is 0.435 e. The minimum Gasteiger partial charge on any atom is -0.435 e. The van der Waals surface area contributed by atoms with Crippen LogP contribution in [0.4, 0.5) is 17.6 Å². The summed E-state index contributed by atoms with van der Waals surface area (Å²) in [6, 6.07) is 8.46. The molecule has 1 N–H and O–H groups in total. The average Bonchev–Trinajstić information content (AvgIpc) is 2.67. The van der Waals surface area contributed by atoms with Crippen LogP contribution in [0.2, 0.25) is 0 Å². The number of rotatable bonds is 10. The predicted molar refractivity (Wildman–Crippen MR) is 104 cm³/mol. The lowest BCUT2D eigenvalue weighted by atomic mass is 10.1. The van der Waals surface area contributed by atoms with Crippen molar-refractivity contribution in [3.8, 4) is 22.8 Å². The molecule has 2 aromatic rings. The van der Waals surface area contributed by atoms with Crippen molar-refractivity contribution < 1.29 is 32.1 Å². The lowest BCUT2D eigenvalue weighted by molar-refractivity contribution is -0.0500. The summed E-state index contributed by atoms with van der Waals surface area (Å²) in [5, 5.41) is 9.13. The molecule has 0 amide bonds. The first-order chi connectivity index (χ1) is 13.8. The summed E-state index contributed by atoms with van der Waals surface area (Å²) in [7, 11) is 0. The van der Waals surface area contributed by atoms with Crippen LogP contribution in [-0.4, -0.2) is 29.9 Å². The van der Waals surface area contributed by atoms with Gasteiger partial charge in [0.25, 0.3) is 0 Å². The van der Waals surface area contributed by atoms with Crippen molar-refractivity contribution in [3.63, 3.8) is 0 Å². The van der Waals surface area contributed by atoms with Gasteiger partial charge in [0.05, 0.1) is 6.61 Å². The number of aliphatic hydroxyl groups is 1. The number of aromatic nitrogens is 1. The van der Waals surface area contributed by atoms with Gasteiger partial charge in [0.2, 0.25) is 0 Å². The van der Waals surface area contributed by atoms with Crippen molar-refractivity contribution in [2.24, 2.45) is 0 Å². The summed E-state index contributed by atoms with van der Waals surface area (Å²) >= 11 is 1.29. The van der Waals surface area contributed by atoms with Gasteiger partial charge in [-0.2, -0.15) is 17.6 Å². The molecule has 0 fully saturated rings. The highest BCUT2D eigenvalue weighted by Crippen LogP contribution is 2.33. The minimum atomic E-state index is -3.07. The molecule has 0 bridgehead atoms. The van der Waals surface area contributed by atoms with E-state index in [2.05, 4.69) is 21.0 Å². The van der Waals surface area contributed by atoms with Crippen molar-refractivity contribution in [2.45, 2.75) is 26.6 Å². The third-order valence-electron chi connectivity index (χ3n) is 3.59. The first kappa shape index (κ1) is 22.8. The number of alkyl halides is 4. The van der Waals surface area contributed by atoms with Gasteiger partial charge >= 0.3 is 13.2 Å². The molecule has 0 atom stereocenters. The molecular formula is C20H19F4NO3S. The van der Waals surface area contributed by atoms with E-state index in [1.54, 1.807) is 0 Å². The van der Waals surface area contributed by atoms with Gasteiger partial charge in [-0.1, -0.05) is 36.5 Å². The molecule has 2 rings (SSSR count). The first-order valence-corrected chi connectivity index (χ1v) is 9.25. The van der Waals surface area contributed by atoms with Crippen LogP contribution in [0.3, 0.4) is 0 Å². The highest BCUT2D eigenvalue weighted by atomic mass is 32.2. The Hall–Kier alpha value is -2.52. The van der Waals surface area contributed by atoms with E-state index in [1.807, 2.05) is 13.0 Å². The molecule has 0 aliphatic rings. The number of hydrogen-bond donors (Lipinski definition) is 1. The molecule has 9 heteroatoms. The van der Waals surface area contributed by atoms with Gasteiger partial charge in [-0.3, -0.25) is 0 Å². The number of ether oxygens (including phenoxy) is 2. The molecule has 4 nitrogen and oxygen atoms in total. The number of pyridine rings is 1. The van der Waals surface area contributed by atoms with E-state index < -0.39 is 13.2 Å². The van der Waals surface area contributed by atoms with E-state index in [0.717, 1.165) is 4.91 Å². The number of nitrogens with zero attached hydrogens (tertiary/aromatic N) is 1. The Balaban J connectivity index is 2.40. The van der Waals surface area contributed by atoms with Gasteiger partial charge < -0.3 is 14.6 Å². The number of benzene rings is 1. The molecule has 29 heavy (non-hydrogen) atoms. The summed E-state index contributed by atoms with van der Waals surface area (Å²) in [4.78, 5) is 5.79. The van der Waals surface area contributed by atoms with Gasteiger partial charge in [-0.25, -0.2) is 4.98 Å². The summed E-state index contributed by atoms with van der Waals surface area (Å²) < 4.78 is 59.5. The Kier molecular flexibility index (Phi) is 8.53. The average molecular weight is 429 g/mol. The van der Waals surface area contributed by atoms with Crippen molar-refractivity contribution in [1.29, 1.82) is 0 Å². The Labute approximate surface area is 169 Å². The van der Waals surface area contributed by atoms with Crippen molar-refractivity contribution in [2.75, 3.05) is 6.61 Å². The van der Waals surface area contributed by atoms with Crippen LogP contribution in [0, 0.1) is 0 Å². The SMILES string of the molecule is C=C(CO)S/C(=C\C)Cc1ccc(OC(F)F)c(-c2cccc(OC(F)F)c2)n1. The number of allylic oxidation sites excluding steroid dienone is 2.